The molecule has 1 heterocycles. The summed E-state index contributed by atoms with van der Waals surface area (Å²) in [5.41, 5.74) is -0.959. The van der Waals surface area contributed by atoms with Gasteiger partial charge in [-0.2, -0.15) is 0 Å². The summed E-state index contributed by atoms with van der Waals surface area (Å²) >= 11 is 0. The van der Waals surface area contributed by atoms with Gasteiger partial charge in [0.1, 0.15) is 12.0 Å². The molecule has 0 saturated carbocycles. The summed E-state index contributed by atoms with van der Waals surface area (Å²) in [4.78, 5) is 36.8. The summed E-state index contributed by atoms with van der Waals surface area (Å²) in [6.45, 7) is 4.07. The summed E-state index contributed by atoms with van der Waals surface area (Å²) in [5, 5.41) is 8.56. The number of nitrogens with zero attached hydrogens (tertiary/aromatic N) is 2. The van der Waals surface area contributed by atoms with Crippen LogP contribution in [0.3, 0.4) is 0 Å². The van der Waals surface area contributed by atoms with E-state index in [1.807, 2.05) is 0 Å². The highest BCUT2D eigenvalue weighted by Crippen LogP contribution is 2.22. The molecule has 2 amide bonds. The highest BCUT2D eigenvalue weighted by Gasteiger charge is 2.43. The van der Waals surface area contributed by atoms with Crippen molar-refractivity contribution in [3.63, 3.8) is 0 Å². The minimum Gasteiger partial charge on any atom is -0.481 e. The van der Waals surface area contributed by atoms with Crippen LogP contribution in [0, 0.1) is 0 Å². The van der Waals surface area contributed by atoms with Crippen molar-refractivity contribution in [3.8, 4) is 0 Å². The molecule has 0 aromatic rings. The van der Waals surface area contributed by atoms with Gasteiger partial charge in [-0.3, -0.25) is 14.4 Å². The van der Waals surface area contributed by atoms with Crippen LogP contribution in [-0.2, 0) is 14.4 Å². The highest BCUT2D eigenvalue weighted by atomic mass is 16.4. The number of hydrogen-bond donors (Lipinski definition) is 1. The molecule has 0 aromatic carbocycles. The molecule has 6 nitrogen and oxygen atoms in total. The molecule has 0 radical (unpaired) electrons. The van der Waals surface area contributed by atoms with Crippen LogP contribution in [0.15, 0.2) is 0 Å². The quantitative estimate of drug-likeness (QED) is 0.649. The maximum Gasteiger partial charge on any atom is 0.312 e. The first-order valence-electron chi connectivity index (χ1n) is 5.04. The van der Waals surface area contributed by atoms with E-state index in [0.717, 1.165) is 0 Å². The molecular formula is C10H16N2O4. The Kier molecular flexibility index (Phi) is 3.21. The number of aliphatic carboxylic acids is 1. The maximum absolute atomic E-state index is 11.8. The highest BCUT2D eigenvalue weighted by molar-refractivity contribution is 5.98. The molecule has 1 aliphatic rings. The third kappa shape index (κ3) is 2.15. The molecule has 0 bridgehead atoms. The topological polar surface area (TPSA) is 77.9 Å². The van der Waals surface area contributed by atoms with Crippen LogP contribution in [0.2, 0.25) is 0 Å². The molecule has 90 valence electrons. The lowest BCUT2D eigenvalue weighted by Gasteiger charge is -2.44. The van der Waals surface area contributed by atoms with Gasteiger partial charge in [-0.25, -0.2) is 0 Å². The average Bonchev–Trinajstić information content (AvgIpc) is 2.13. The number of amides is 2. The van der Waals surface area contributed by atoms with E-state index in [1.54, 1.807) is 25.8 Å². The number of piperazine rings is 1. The fraction of sp³-hybridized carbons (Fsp3) is 0.700. The van der Waals surface area contributed by atoms with E-state index in [9.17, 15) is 14.4 Å². The molecular weight excluding hydrogens is 212 g/mol. The lowest BCUT2D eigenvalue weighted by Crippen LogP contribution is -2.63. The normalized spacial score (nSPS) is 19.8. The molecule has 0 spiro atoms. The Morgan fingerprint density at radius 3 is 2.44 bits per heavy atom. The molecule has 6 heteroatoms. The van der Waals surface area contributed by atoms with Gasteiger partial charge in [-0.15, -0.1) is 0 Å². The fourth-order valence-electron chi connectivity index (χ4n) is 1.87. The number of rotatable bonds is 2. The van der Waals surface area contributed by atoms with Crippen molar-refractivity contribution >= 4 is 17.8 Å². The standard InChI is InChI=1S/C10H16N2O4/c1-10(2)9(16)11(3)4-5-12(10)7(13)6-8(14)15/h4-6H2,1-3H3,(H,14,15). The zero-order valence-corrected chi connectivity index (χ0v) is 9.69. The van der Waals surface area contributed by atoms with Crippen molar-refractivity contribution < 1.29 is 19.5 Å². The summed E-state index contributed by atoms with van der Waals surface area (Å²) in [5.74, 6) is -1.86. The van der Waals surface area contributed by atoms with Gasteiger partial charge in [0.15, 0.2) is 0 Å². The van der Waals surface area contributed by atoms with Crippen molar-refractivity contribution in [1.29, 1.82) is 0 Å². The van der Waals surface area contributed by atoms with Crippen LogP contribution < -0.4 is 0 Å². The molecule has 1 rings (SSSR count). The molecule has 0 unspecified atom stereocenters. The van der Waals surface area contributed by atoms with Gasteiger partial charge in [-0.05, 0) is 13.8 Å². The predicted octanol–water partition coefficient (Wildman–Crippen LogP) is -0.460. The number of carboxylic acid groups (broad SMARTS) is 1. The van der Waals surface area contributed by atoms with Crippen LogP contribution in [0.25, 0.3) is 0 Å². The molecule has 1 aliphatic heterocycles. The second-order valence-electron chi connectivity index (χ2n) is 4.40. The first-order valence-corrected chi connectivity index (χ1v) is 5.04. The van der Waals surface area contributed by atoms with Gasteiger partial charge in [-0.1, -0.05) is 0 Å². The Bertz CT molecular complexity index is 338. The zero-order chi connectivity index (χ0) is 12.5. The monoisotopic (exact) mass is 228 g/mol. The summed E-state index contributed by atoms with van der Waals surface area (Å²) < 4.78 is 0. The Balaban J connectivity index is 2.85. The molecule has 0 aromatic heterocycles. The van der Waals surface area contributed by atoms with Crippen LogP contribution in [-0.4, -0.2) is 58.4 Å². The Morgan fingerprint density at radius 2 is 1.94 bits per heavy atom. The van der Waals surface area contributed by atoms with Crippen LogP contribution in [0.5, 0.6) is 0 Å². The number of carbonyl (C=O) groups excluding carboxylic acids is 2. The number of carbonyl (C=O) groups is 3. The molecule has 0 aliphatic carbocycles. The summed E-state index contributed by atoms with van der Waals surface area (Å²) in [6, 6.07) is 0. The van der Waals surface area contributed by atoms with Gasteiger partial charge in [0, 0.05) is 20.1 Å². The second-order valence-corrected chi connectivity index (χ2v) is 4.40. The summed E-state index contributed by atoms with van der Waals surface area (Å²) in [7, 11) is 1.67. The van der Waals surface area contributed by atoms with E-state index in [0.29, 0.717) is 13.1 Å². The minimum absolute atomic E-state index is 0.169. The third-order valence-corrected chi connectivity index (χ3v) is 2.81. The first-order chi connectivity index (χ1) is 7.26. The van der Waals surface area contributed by atoms with E-state index < -0.39 is 23.8 Å². The Hall–Kier alpha value is -1.59. The van der Waals surface area contributed by atoms with Gasteiger partial charge in [0.05, 0.1) is 0 Å². The number of carboxylic acids is 1. The molecule has 1 N–H and O–H groups in total. The lowest BCUT2D eigenvalue weighted by molar-refractivity contribution is -0.159. The van der Waals surface area contributed by atoms with E-state index >= 15 is 0 Å². The van der Waals surface area contributed by atoms with Crippen LogP contribution >= 0.6 is 0 Å². The molecule has 1 fully saturated rings. The van der Waals surface area contributed by atoms with Gasteiger partial charge < -0.3 is 14.9 Å². The fourth-order valence-corrected chi connectivity index (χ4v) is 1.87. The van der Waals surface area contributed by atoms with E-state index in [2.05, 4.69) is 0 Å². The van der Waals surface area contributed by atoms with Gasteiger partial charge >= 0.3 is 5.97 Å². The SMILES string of the molecule is CN1CCN(C(=O)CC(=O)O)C(C)(C)C1=O. The van der Waals surface area contributed by atoms with Crippen LogP contribution in [0.4, 0.5) is 0 Å². The predicted molar refractivity (Wildman–Crippen MR) is 55.7 cm³/mol. The number of hydrogen-bond acceptors (Lipinski definition) is 3. The Labute approximate surface area is 93.8 Å². The average molecular weight is 228 g/mol. The van der Waals surface area contributed by atoms with Crippen molar-refractivity contribution in [2.24, 2.45) is 0 Å². The van der Waals surface area contributed by atoms with E-state index in [4.69, 9.17) is 5.11 Å². The largest absolute Gasteiger partial charge is 0.481 e. The van der Waals surface area contributed by atoms with E-state index in [-0.39, 0.29) is 5.91 Å². The second kappa shape index (κ2) is 4.11. The van der Waals surface area contributed by atoms with Gasteiger partial charge in [0.25, 0.3) is 0 Å². The first kappa shape index (κ1) is 12.5. The smallest absolute Gasteiger partial charge is 0.312 e. The van der Waals surface area contributed by atoms with Gasteiger partial charge in [0.2, 0.25) is 11.8 Å². The lowest BCUT2D eigenvalue weighted by atomic mass is 9.97. The van der Waals surface area contributed by atoms with Crippen molar-refractivity contribution in [1.82, 2.24) is 9.80 Å². The van der Waals surface area contributed by atoms with Crippen LogP contribution in [0.1, 0.15) is 20.3 Å². The van der Waals surface area contributed by atoms with E-state index in [1.165, 1.54) is 4.90 Å². The Morgan fingerprint density at radius 1 is 1.38 bits per heavy atom. The zero-order valence-electron chi connectivity index (χ0n) is 9.69. The minimum atomic E-state index is -1.17. The molecule has 0 atom stereocenters. The third-order valence-electron chi connectivity index (χ3n) is 2.81. The molecule has 16 heavy (non-hydrogen) atoms. The van der Waals surface area contributed by atoms with Crippen molar-refractivity contribution in [2.45, 2.75) is 25.8 Å². The number of likely N-dealkylation sites (N-methyl/N-ethyl adjacent to an activating group) is 1. The van der Waals surface area contributed by atoms with Crippen molar-refractivity contribution in [2.75, 3.05) is 20.1 Å². The maximum atomic E-state index is 11.8. The molecule has 1 saturated heterocycles. The van der Waals surface area contributed by atoms with Crippen molar-refractivity contribution in [3.05, 3.63) is 0 Å². The summed E-state index contributed by atoms with van der Waals surface area (Å²) in [6.07, 6.45) is -0.569.